The Kier molecular flexibility index (Phi) is 6.99. The van der Waals surface area contributed by atoms with Gasteiger partial charge >= 0.3 is 0 Å². The van der Waals surface area contributed by atoms with E-state index in [1.54, 1.807) is 0 Å². The smallest absolute Gasteiger partial charge is 0.193 e. The highest BCUT2D eigenvalue weighted by molar-refractivity contribution is 14.0. The monoisotopic (exact) mass is 419 g/mol. The van der Waals surface area contributed by atoms with Crippen LogP contribution in [0.5, 0.6) is 0 Å². The summed E-state index contributed by atoms with van der Waals surface area (Å²) in [5, 5.41) is 3.48. The van der Waals surface area contributed by atoms with Crippen molar-refractivity contribution in [2.24, 2.45) is 10.4 Å². The molecule has 0 bridgehead atoms. The fourth-order valence-corrected chi connectivity index (χ4v) is 3.72. The molecule has 1 saturated heterocycles. The van der Waals surface area contributed by atoms with Crippen molar-refractivity contribution in [1.29, 1.82) is 0 Å². The van der Waals surface area contributed by atoms with Crippen molar-refractivity contribution in [3.8, 4) is 0 Å². The van der Waals surface area contributed by atoms with E-state index in [0.717, 1.165) is 45.1 Å². The Balaban J connectivity index is 0.00000176. The van der Waals surface area contributed by atoms with Gasteiger partial charge in [-0.3, -0.25) is 4.99 Å². The Bertz CT molecular complexity index is 418. The van der Waals surface area contributed by atoms with Gasteiger partial charge in [0.05, 0.1) is 13.2 Å². The molecule has 2 heterocycles. The molecule has 3 rings (SSSR count). The minimum absolute atomic E-state index is 0. The second-order valence-corrected chi connectivity index (χ2v) is 6.70. The lowest BCUT2D eigenvalue weighted by Crippen LogP contribution is -2.42. The highest BCUT2D eigenvalue weighted by Crippen LogP contribution is 2.47. The predicted octanol–water partition coefficient (Wildman–Crippen LogP) is 3.18. The van der Waals surface area contributed by atoms with Crippen molar-refractivity contribution < 1.29 is 4.74 Å². The highest BCUT2D eigenvalue weighted by atomic mass is 127. The van der Waals surface area contributed by atoms with Gasteiger partial charge in [0.1, 0.15) is 0 Å². The summed E-state index contributed by atoms with van der Waals surface area (Å²) < 4.78 is 5.36. The zero-order valence-electron chi connectivity index (χ0n) is 13.8. The zero-order valence-corrected chi connectivity index (χ0v) is 16.1. The van der Waals surface area contributed by atoms with Gasteiger partial charge in [-0.25, -0.2) is 0 Å². The van der Waals surface area contributed by atoms with Crippen LogP contribution in [0, 0.1) is 5.41 Å². The molecule has 3 aliphatic rings. The van der Waals surface area contributed by atoms with Crippen LogP contribution in [-0.4, -0.2) is 50.3 Å². The molecular weight excluding hydrogens is 389 g/mol. The number of rotatable bonds is 4. The third-order valence-electron chi connectivity index (χ3n) is 5.24. The fourth-order valence-electron chi connectivity index (χ4n) is 3.72. The number of hydrogen-bond acceptors (Lipinski definition) is 2. The lowest BCUT2D eigenvalue weighted by Gasteiger charge is -2.38. The molecule has 126 valence electrons. The molecule has 5 heteroatoms. The van der Waals surface area contributed by atoms with Crippen LogP contribution >= 0.6 is 24.0 Å². The Morgan fingerprint density at radius 3 is 2.86 bits per heavy atom. The maximum atomic E-state index is 5.36. The van der Waals surface area contributed by atoms with E-state index in [1.807, 2.05) is 0 Å². The van der Waals surface area contributed by atoms with E-state index in [9.17, 15) is 0 Å². The number of likely N-dealkylation sites (tertiary alicyclic amines) is 1. The van der Waals surface area contributed by atoms with Crippen LogP contribution in [0.15, 0.2) is 16.6 Å². The molecule has 0 atom stereocenters. The standard InChI is InChI=1S/C17H29N3O.HI/c1-2-18-16(19-10-4-15-5-12-21-13-6-15)20-11-9-17(14-20)7-3-8-17;/h5H,2-4,6-14H2,1H3,(H,18,19);1H. The van der Waals surface area contributed by atoms with Crippen molar-refractivity contribution in [1.82, 2.24) is 10.2 Å². The normalized spacial score (nSPS) is 23.8. The summed E-state index contributed by atoms with van der Waals surface area (Å²) in [7, 11) is 0. The quantitative estimate of drug-likeness (QED) is 0.329. The van der Waals surface area contributed by atoms with E-state index in [0.29, 0.717) is 5.41 Å². The van der Waals surface area contributed by atoms with E-state index in [1.165, 1.54) is 44.3 Å². The number of halogens is 1. The van der Waals surface area contributed by atoms with Crippen molar-refractivity contribution >= 4 is 29.9 Å². The third-order valence-corrected chi connectivity index (χ3v) is 5.24. The first-order valence-corrected chi connectivity index (χ1v) is 8.60. The van der Waals surface area contributed by atoms with Crippen molar-refractivity contribution in [2.75, 3.05) is 39.4 Å². The largest absolute Gasteiger partial charge is 0.377 e. The third kappa shape index (κ3) is 4.37. The lowest BCUT2D eigenvalue weighted by atomic mass is 9.68. The van der Waals surface area contributed by atoms with Crippen LogP contribution in [-0.2, 0) is 4.74 Å². The van der Waals surface area contributed by atoms with E-state index in [-0.39, 0.29) is 24.0 Å². The number of hydrogen-bond donors (Lipinski definition) is 1. The lowest BCUT2D eigenvalue weighted by molar-refractivity contribution is 0.151. The molecule has 1 saturated carbocycles. The Morgan fingerprint density at radius 2 is 2.27 bits per heavy atom. The van der Waals surface area contributed by atoms with Crippen LogP contribution in [0.4, 0.5) is 0 Å². The van der Waals surface area contributed by atoms with Crippen LogP contribution in [0.3, 0.4) is 0 Å². The molecule has 0 unspecified atom stereocenters. The number of nitrogens with zero attached hydrogens (tertiary/aromatic N) is 2. The fraction of sp³-hybridized carbons (Fsp3) is 0.824. The molecule has 22 heavy (non-hydrogen) atoms. The topological polar surface area (TPSA) is 36.9 Å². The van der Waals surface area contributed by atoms with E-state index in [2.05, 4.69) is 23.2 Å². The summed E-state index contributed by atoms with van der Waals surface area (Å²) in [6.07, 6.45) is 10.0. The SMILES string of the molecule is CCNC(=NCCC1=CCOCC1)N1CCC2(CCC2)C1.I. The zero-order chi connectivity index (χ0) is 14.5. The minimum atomic E-state index is 0. The Labute approximate surface area is 151 Å². The van der Waals surface area contributed by atoms with Gasteiger partial charge in [-0.15, -0.1) is 24.0 Å². The molecule has 0 radical (unpaired) electrons. The second kappa shape index (κ2) is 8.52. The summed E-state index contributed by atoms with van der Waals surface area (Å²) in [4.78, 5) is 7.35. The van der Waals surface area contributed by atoms with Gasteiger partial charge in [0, 0.05) is 26.2 Å². The minimum Gasteiger partial charge on any atom is -0.377 e. The molecule has 1 N–H and O–H groups in total. The first-order chi connectivity index (χ1) is 10.3. The van der Waals surface area contributed by atoms with Gasteiger partial charge in [0.15, 0.2) is 5.96 Å². The van der Waals surface area contributed by atoms with E-state index < -0.39 is 0 Å². The summed E-state index contributed by atoms with van der Waals surface area (Å²) in [5.74, 6) is 1.13. The Morgan fingerprint density at radius 1 is 1.41 bits per heavy atom. The molecule has 2 fully saturated rings. The molecule has 0 aromatic heterocycles. The predicted molar refractivity (Wildman–Crippen MR) is 102 cm³/mol. The second-order valence-electron chi connectivity index (χ2n) is 6.70. The van der Waals surface area contributed by atoms with Crippen LogP contribution < -0.4 is 5.32 Å². The molecule has 0 aromatic carbocycles. The molecule has 1 aliphatic carbocycles. The summed E-state index contributed by atoms with van der Waals surface area (Å²) >= 11 is 0. The van der Waals surface area contributed by atoms with Crippen molar-refractivity contribution in [3.05, 3.63) is 11.6 Å². The Hall–Kier alpha value is -0.300. The average molecular weight is 419 g/mol. The van der Waals surface area contributed by atoms with Crippen molar-refractivity contribution in [3.63, 3.8) is 0 Å². The van der Waals surface area contributed by atoms with Gasteiger partial charge in [0.25, 0.3) is 0 Å². The van der Waals surface area contributed by atoms with Gasteiger partial charge in [-0.2, -0.15) is 0 Å². The van der Waals surface area contributed by atoms with Gasteiger partial charge in [0.2, 0.25) is 0 Å². The summed E-state index contributed by atoms with van der Waals surface area (Å²) in [5.41, 5.74) is 2.15. The molecule has 2 aliphatic heterocycles. The summed E-state index contributed by atoms with van der Waals surface area (Å²) in [6, 6.07) is 0. The first-order valence-electron chi connectivity index (χ1n) is 8.60. The summed E-state index contributed by atoms with van der Waals surface area (Å²) in [6.45, 7) is 8.08. The molecule has 0 aromatic rings. The van der Waals surface area contributed by atoms with Gasteiger partial charge in [-0.05, 0) is 44.4 Å². The van der Waals surface area contributed by atoms with Crippen LogP contribution in [0.2, 0.25) is 0 Å². The van der Waals surface area contributed by atoms with Crippen LogP contribution in [0.25, 0.3) is 0 Å². The molecule has 4 nitrogen and oxygen atoms in total. The highest BCUT2D eigenvalue weighted by Gasteiger charge is 2.43. The van der Waals surface area contributed by atoms with Gasteiger partial charge in [-0.1, -0.05) is 18.1 Å². The first kappa shape index (κ1) is 18.0. The molecule has 1 spiro atoms. The number of nitrogens with one attached hydrogen (secondary N) is 1. The molecule has 0 amide bonds. The number of aliphatic imine (C=N–C) groups is 1. The number of guanidine groups is 1. The molecular formula is C17H30IN3O. The van der Waals surface area contributed by atoms with E-state index >= 15 is 0 Å². The van der Waals surface area contributed by atoms with Gasteiger partial charge < -0.3 is 15.0 Å². The van der Waals surface area contributed by atoms with E-state index in [4.69, 9.17) is 9.73 Å². The number of ether oxygens (including phenoxy) is 1. The van der Waals surface area contributed by atoms with Crippen molar-refractivity contribution in [2.45, 2.75) is 45.4 Å². The maximum Gasteiger partial charge on any atom is 0.193 e. The maximum absolute atomic E-state index is 5.36. The average Bonchev–Trinajstić information content (AvgIpc) is 2.93. The van der Waals surface area contributed by atoms with Crippen LogP contribution in [0.1, 0.15) is 45.4 Å².